The summed E-state index contributed by atoms with van der Waals surface area (Å²) in [5.74, 6) is -0.0572. The van der Waals surface area contributed by atoms with Gasteiger partial charge < -0.3 is 0 Å². The number of aromatic nitrogens is 3. The standard InChI is InChI=1S/C24H21ClN4O2S/c25-19-9-7-16(8-10-19)20-14-32-24-27-23(28-29(20)24)26-22(31)12-11-21(30)18-6-5-15-3-1-2-4-17(15)13-18/h5-10,13-14H,1-4,11-12H2,(H,26,28,31). The van der Waals surface area contributed by atoms with Crippen molar-refractivity contribution in [3.8, 4) is 11.3 Å². The minimum absolute atomic E-state index is 0.0164. The van der Waals surface area contributed by atoms with Gasteiger partial charge in [-0.15, -0.1) is 16.4 Å². The molecule has 6 nitrogen and oxygen atoms in total. The van der Waals surface area contributed by atoms with Crippen molar-refractivity contribution >= 4 is 45.5 Å². The Morgan fingerprint density at radius 1 is 1.03 bits per heavy atom. The van der Waals surface area contributed by atoms with Gasteiger partial charge in [0.15, 0.2) is 5.78 Å². The molecule has 4 aromatic rings. The maximum atomic E-state index is 12.6. The Hall–Kier alpha value is -3.03. The van der Waals surface area contributed by atoms with Crippen LogP contribution in [-0.2, 0) is 17.6 Å². The van der Waals surface area contributed by atoms with E-state index in [-0.39, 0.29) is 30.5 Å². The molecule has 162 valence electrons. The van der Waals surface area contributed by atoms with E-state index in [1.165, 1.54) is 35.3 Å². The van der Waals surface area contributed by atoms with Gasteiger partial charge in [-0.3, -0.25) is 14.9 Å². The normalized spacial score (nSPS) is 13.2. The zero-order valence-electron chi connectivity index (χ0n) is 17.3. The molecule has 2 aromatic carbocycles. The van der Waals surface area contributed by atoms with Crippen molar-refractivity contribution in [2.75, 3.05) is 5.32 Å². The predicted molar refractivity (Wildman–Crippen MR) is 127 cm³/mol. The zero-order valence-corrected chi connectivity index (χ0v) is 18.9. The number of benzene rings is 2. The van der Waals surface area contributed by atoms with Crippen LogP contribution in [0.3, 0.4) is 0 Å². The fourth-order valence-corrected chi connectivity index (χ4v) is 4.98. The minimum Gasteiger partial charge on any atom is -0.294 e. The van der Waals surface area contributed by atoms with Crippen LogP contribution in [0.2, 0.25) is 5.02 Å². The molecule has 0 atom stereocenters. The summed E-state index contributed by atoms with van der Waals surface area (Å²) in [6.45, 7) is 0. The molecule has 0 aliphatic heterocycles. The highest BCUT2D eigenvalue weighted by molar-refractivity contribution is 7.15. The number of ketones is 1. The van der Waals surface area contributed by atoms with Crippen molar-refractivity contribution in [2.45, 2.75) is 38.5 Å². The van der Waals surface area contributed by atoms with E-state index in [0.717, 1.165) is 24.1 Å². The van der Waals surface area contributed by atoms with E-state index < -0.39 is 0 Å². The van der Waals surface area contributed by atoms with Gasteiger partial charge >= 0.3 is 0 Å². The molecule has 1 aliphatic carbocycles. The van der Waals surface area contributed by atoms with Gasteiger partial charge in [0.1, 0.15) is 0 Å². The summed E-state index contributed by atoms with van der Waals surface area (Å²) in [5, 5.41) is 9.75. The number of aryl methyl sites for hydroxylation is 2. The highest BCUT2D eigenvalue weighted by atomic mass is 35.5. The highest BCUT2D eigenvalue weighted by Crippen LogP contribution is 2.27. The smallest absolute Gasteiger partial charge is 0.250 e. The van der Waals surface area contributed by atoms with Crippen LogP contribution in [0.5, 0.6) is 0 Å². The minimum atomic E-state index is -0.275. The fourth-order valence-electron chi connectivity index (χ4n) is 4.02. The van der Waals surface area contributed by atoms with Gasteiger partial charge in [-0.25, -0.2) is 4.52 Å². The number of fused-ring (bicyclic) bond motifs is 2. The second kappa shape index (κ2) is 8.84. The summed E-state index contributed by atoms with van der Waals surface area (Å²) in [4.78, 5) is 30.1. The Kier molecular flexibility index (Phi) is 5.76. The number of Topliss-reactive ketones (excluding diaryl/α,β-unsaturated/α-hetero) is 1. The first kappa shape index (κ1) is 20.8. The third-order valence-corrected chi connectivity index (χ3v) is 6.79. The van der Waals surface area contributed by atoms with Crippen LogP contribution in [0.25, 0.3) is 16.2 Å². The van der Waals surface area contributed by atoms with Crippen molar-refractivity contribution in [1.29, 1.82) is 0 Å². The topological polar surface area (TPSA) is 76.4 Å². The van der Waals surface area contributed by atoms with Crippen molar-refractivity contribution in [1.82, 2.24) is 14.6 Å². The quantitative estimate of drug-likeness (QED) is 0.377. The number of anilines is 1. The van der Waals surface area contributed by atoms with Gasteiger partial charge in [-0.1, -0.05) is 35.9 Å². The van der Waals surface area contributed by atoms with Gasteiger partial charge in [-0.05, 0) is 55.0 Å². The van der Waals surface area contributed by atoms with E-state index in [4.69, 9.17) is 11.6 Å². The van der Waals surface area contributed by atoms with Crippen molar-refractivity contribution in [3.05, 3.63) is 69.6 Å². The number of nitrogens with zero attached hydrogens (tertiary/aromatic N) is 3. The van der Waals surface area contributed by atoms with E-state index in [0.29, 0.717) is 15.5 Å². The molecule has 0 unspecified atom stereocenters. The molecule has 0 saturated heterocycles. The summed E-state index contributed by atoms with van der Waals surface area (Å²) in [6, 6.07) is 13.4. The third kappa shape index (κ3) is 4.31. The highest BCUT2D eigenvalue weighted by Gasteiger charge is 2.16. The lowest BCUT2D eigenvalue weighted by molar-refractivity contribution is -0.116. The molecule has 2 heterocycles. The Bertz CT molecular complexity index is 1310. The number of hydrogen-bond acceptors (Lipinski definition) is 5. The summed E-state index contributed by atoms with van der Waals surface area (Å²) >= 11 is 7.41. The largest absolute Gasteiger partial charge is 0.294 e. The molecule has 1 amide bonds. The monoisotopic (exact) mass is 464 g/mol. The maximum absolute atomic E-state index is 12.6. The van der Waals surface area contributed by atoms with Crippen molar-refractivity contribution in [2.24, 2.45) is 0 Å². The zero-order chi connectivity index (χ0) is 22.1. The number of hydrogen-bond donors (Lipinski definition) is 1. The van der Waals surface area contributed by atoms with E-state index in [9.17, 15) is 9.59 Å². The molecule has 0 radical (unpaired) electrons. The summed E-state index contributed by atoms with van der Waals surface area (Å²) < 4.78 is 1.70. The van der Waals surface area contributed by atoms with Gasteiger partial charge in [-0.2, -0.15) is 4.98 Å². The molecule has 8 heteroatoms. The molecule has 1 aliphatic rings. The van der Waals surface area contributed by atoms with Crippen LogP contribution < -0.4 is 5.32 Å². The molecule has 5 rings (SSSR count). The van der Waals surface area contributed by atoms with Crippen molar-refractivity contribution in [3.63, 3.8) is 0 Å². The number of rotatable bonds is 6. The van der Waals surface area contributed by atoms with Crippen LogP contribution in [0.4, 0.5) is 5.95 Å². The number of amides is 1. The molecule has 1 N–H and O–H groups in total. The number of nitrogens with one attached hydrogen (secondary N) is 1. The van der Waals surface area contributed by atoms with Crippen LogP contribution >= 0.6 is 22.9 Å². The van der Waals surface area contributed by atoms with Crippen LogP contribution in [-0.4, -0.2) is 26.3 Å². The van der Waals surface area contributed by atoms with Gasteiger partial charge in [0.05, 0.1) is 5.69 Å². The molecule has 0 fully saturated rings. The summed E-state index contributed by atoms with van der Waals surface area (Å²) in [7, 11) is 0. The van der Waals surface area contributed by atoms with Gasteiger partial charge in [0, 0.05) is 34.4 Å². The van der Waals surface area contributed by atoms with Crippen LogP contribution in [0, 0.1) is 0 Å². The SMILES string of the molecule is O=C(CCC(=O)c1ccc2c(c1)CCCC2)Nc1nc2scc(-c3ccc(Cl)cc3)n2n1. The number of thiazole rings is 1. The first-order valence-corrected chi connectivity index (χ1v) is 11.9. The summed E-state index contributed by atoms with van der Waals surface area (Å²) in [5.41, 5.74) is 5.13. The Labute approximate surface area is 194 Å². The molecule has 0 saturated carbocycles. The summed E-state index contributed by atoms with van der Waals surface area (Å²) in [6.07, 6.45) is 4.73. The van der Waals surface area contributed by atoms with Crippen molar-refractivity contribution < 1.29 is 9.59 Å². The molecule has 2 aromatic heterocycles. The second-order valence-corrected chi connectivity index (χ2v) is 9.19. The number of carbonyl (C=O) groups is 2. The molecule has 32 heavy (non-hydrogen) atoms. The van der Waals surface area contributed by atoms with Gasteiger partial charge in [0.25, 0.3) is 0 Å². The lowest BCUT2D eigenvalue weighted by Crippen LogP contribution is -2.15. The average Bonchev–Trinajstić information content (AvgIpc) is 3.38. The first-order valence-electron chi connectivity index (χ1n) is 10.6. The third-order valence-electron chi connectivity index (χ3n) is 5.72. The first-order chi connectivity index (χ1) is 15.6. The molecule has 0 spiro atoms. The molecular weight excluding hydrogens is 444 g/mol. The molecular formula is C24H21ClN4O2S. The second-order valence-electron chi connectivity index (χ2n) is 7.92. The Morgan fingerprint density at radius 3 is 2.62 bits per heavy atom. The lowest BCUT2D eigenvalue weighted by Gasteiger charge is -2.16. The Balaban J connectivity index is 1.22. The lowest BCUT2D eigenvalue weighted by atomic mass is 9.89. The van der Waals surface area contributed by atoms with E-state index in [1.807, 2.05) is 41.8 Å². The average molecular weight is 465 g/mol. The maximum Gasteiger partial charge on any atom is 0.250 e. The van der Waals surface area contributed by atoms with E-state index in [1.54, 1.807) is 4.52 Å². The number of halogens is 1. The van der Waals surface area contributed by atoms with E-state index in [2.05, 4.69) is 21.5 Å². The molecule has 0 bridgehead atoms. The van der Waals surface area contributed by atoms with Crippen LogP contribution in [0.1, 0.15) is 47.2 Å². The number of carbonyl (C=O) groups excluding carboxylic acids is 2. The Morgan fingerprint density at radius 2 is 1.81 bits per heavy atom. The fraction of sp³-hybridized carbons (Fsp3) is 0.250. The van der Waals surface area contributed by atoms with Crippen LogP contribution in [0.15, 0.2) is 47.8 Å². The van der Waals surface area contributed by atoms with Gasteiger partial charge in [0.2, 0.25) is 16.8 Å². The predicted octanol–water partition coefficient (Wildman–Crippen LogP) is 5.59. The van der Waals surface area contributed by atoms with E-state index >= 15 is 0 Å².